The zero-order chi connectivity index (χ0) is 18.2. The average molecular weight is 345 g/mol. The van der Waals surface area contributed by atoms with Crippen molar-refractivity contribution in [2.24, 2.45) is 17.3 Å². The summed E-state index contributed by atoms with van der Waals surface area (Å²) in [6.07, 6.45) is 5.83. The van der Waals surface area contributed by atoms with Crippen LogP contribution < -0.4 is 33.6 Å². The van der Waals surface area contributed by atoms with Crippen LogP contribution in [-0.4, -0.2) is 43.3 Å². The Hall–Kier alpha value is -0.900. The van der Waals surface area contributed by atoms with Gasteiger partial charge in [-0.15, -0.1) is 0 Å². The van der Waals surface area contributed by atoms with Crippen LogP contribution in [0, 0.1) is 0 Å². The number of Topliss-reactive ketones (excluding diaryl/α,β-unsaturated/α-hetero) is 2. The monoisotopic (exact) mass is 344 g/mol. The molecule has 0 fully saturated rings. The van der Waals surface area contributed by atoms with Crippen LogP contribution in [0.3, 0.4) is 0 Å². The SMILES string of the molecule is CCC(=O)[C@H](CCCCN)NNCCC(=O)[C@H](CCCCN)NN. The first-order valence-corrected chi connectivity index (χ1v) is 9.00. The number of rotatable bonds is 17. The van der Waals surface area contributed by atoms with Gasteiger partial charge in [0.1, 0.15) is 0 Å². The zero-order valence-corrected chi connectivity index (χ0v) is 15.0. The quantitative estimate of drug-likeness (QED) is 0.117. The van der Waals surface area contributed by atoms with Crippen molar-refractivity contribution >= 4 is 11.6 Å². The van der Waals surface area contributed by atoms with E-state index in [2.05, 4.69) is 16.3 Å². The van der Waals surface area contributed by atoms with Gasteiger partial charge in [-0.2, -0.15) is 0 Å². The Bertz CT molecular complexity index is 341. The van der Waals surface area contributed by atoms with Gasteiger partial charge in [-0.3, -0.25) is 20.9 Å². The molecule has 8 nitrogen and oxygen atoms in total. The second kappa shape index (κ2) is 15.6. The predicted molar refractivity (Wildman–Crippen MR) is 96.8 cm³/mol. The van der Waals surface area contributed by atoms with Gasteiger partial charge in [0.25, 0.3) is 0 Å². The number of hydrazine groups is 2. The van der Waals surface area contributed by atoms with Gasteiger partial charge < -0.3 is 11.5 Å². The summed E-state index contributed by atoms with van der Waals surface area (Å²) < 4.78 is 0. The highest BCUT2D eigenvalue weighted by atomic mass is 16.1. The van der Waals surface area contributed by atoms with Gasteiger partial charge >= 0.3 is 0 Å². The first kappa shape index (κ1) is 23.1. The third-order valence-corrected chi connectivity index (χ3v) is 3.99. The largest absolute Gasteiger partial charge is 0.330 e. The topological polar surface area (TPSA) is 148 Å². The molecule has 0 unspecified atom stereocenters. The molecule has 0 aliphatic carbocycles. The lowest BCUT2D eigenvalue weighted by Gasteiger charge is -2.18. The first-order chi connectivity index (χ1) is 11.6. The molecular formula is C16H36N6O2. The van der Waals surface area contributed by atoms with Gasteiger partial charge in [-0.25, -0.2) is 10.9 Å². The van der Waals surface area contributed by atoms with Crippen LogP contribution in [0.1, 0.15) is 58.3 Å². The summed E-state index contributed by atoms with van der Waals surface area (Å²) in [5, 5.41) is 0. The van der Waals surface area contributed by atoms with Crippen LogP contribution in [-0.2, 0) is 9.59 Å². The molecule has 2 atom stereocenters. The van der Waals surface area contributed by atoms with E-state index >= 15 is 0 Å². The number of nitrogens with two attached hydrogens (primary N) is 3. The van der Waals surface area contributed by atoms with Crippen LogP contribution >= 0.6 is 0 Å². The van der Waals surface area contributed by atoms with Gasteiger partial charge in [0.2, 0.25) is 0 Å². The summed E-state index contributed by atoms with van der Waals surface area (Å²) in [6.45, 7) is 3.56. The Kier molecular flexibility index (Phi) is 15.0. The normalized spacial score (nSPS) is 13.7. The van der Waals surface area contributed by atoms with E-state index < -0.39 is 0 Å². The van der Waals surface area contributed by atoms with Crippen molar-refractivity contribution in [2.45, 2.75) is 70.4 Å². The van der Waals surface area contributed by atoms with Crippen LogP contribution in [0.4, 0.5) is 0 Å². The summed E-state index contributed by atoms with van der Waals surface area (Å²) in [5.74, 6) is 5.66. The van der Waals surface area contributed by atoms with Gasteiger partial charge in [-0.1, -0.05) is 19.8 Å². The standard InChI is InChI=1S/C16H36N6O2/c1-2-15(23)14(8-4-6-11-18)22-20-12-9-16(24)13(21-19)7-3-5-10-17/h13-14,20-22H,2-12,17-19H2,1H3/t13-,14-/m0/s1. The lowest BCUT2D eigenvalue weighted by atomic mass is 10.0. The third kappa shape index (κ3) is 10.8. The van der Waals surface area contributed by atoms with E-state index in [0.717, 1.165) is 32.1 Å². The second-order valence-electron chi connectivity index (χ2n) is 5.95. The number of hydrogen-bond acceptors (Lipinski definition) is 8. The molecule has 142 valence electrons. The summed E-state index contributed by atoms with van der Waals surface area (Å²) in [6, 6.07) is -0.569. The third-order valence-electron chi connectivity index (χ3n) is 3.99. The van der Waals surface area contributed by atoms with E-state index in [1.165, 1.54) is 0 Å². The fourth-order valence-corrected chi connectivity index (χ4v) is 2.44. The van der Waals surface area contributed by atoms with Crippen molar-refractivity contribution in [2.75, 3.05) is 19.6 Å². The summed E-state index contributed by atoms with van der Waals surface area (Å²) in [5.41, 5.74) is 19.5. The Morgan fingerprint density at radius 1 is 0.917 bits per heavy atom. The fraction of sp³-hybridized carbons (Fsp3) is 0.875. The van der Waals surface area contributed by atoms with Gasteiger partial charge in [0, 0.05) is 19.4 Å². The Morgan fingerprint density at radius 3 is 2.00 bits per heavy atom. The molecule has 9 N–H and O–H groups in total. The zero-order valence-electron chi connectivity index (χ0n) is 15.0. The smallest absolute Gasteiger partial charge is 0.152 e. The van der Waals surface area contributed by atoms with Crippen molar-refractivity contribution in [3.63, 3.8) is 0 Å². The number of unbranched alkanes of at least 4 members (excludes halogenated alkanes) is 2. The fourth-order valence-electron chi connectivity index (χ4n) is 2.44. The maximum atomic E-state index is 12.1. The molecule has 24 heavy (non-hydrogen) atoms. The van der Waals surface area contributed by atoms with Crippen LogP contribution in [0.15, 0.2) is 0 Å². The summed E-state index contributed by atoms with van der Waals surface area (Å²) in [7, 11) is 0. The highest BCUT2D eigenvalue weighted by Gasteiger charge is 2.17. The molecule has 0 aromatic rings. The van der Waals surface area contributed by atoms with E-state index in [9.17, 15) is 9.59 Å². The molecule has 0 aliphatic heterocycles. The summed E-state index contributed by atoms with van der Waals surface area (Å²) in [4.78, 5) is 24.0. The van der Waals surface area contributed by atoms with Crippen molar-refractivity contribution in [1.29, 1.82) is 0 Å². The van der Waals surface area contributed by atoms with Crippen molar-refractivity contribution in [3.8, 4) is 0 Å². The second-order valence-corrected chi connectivity index (χ2v) is 5.95. The molecule has 0 aliphatic rings. The minimum Gasteiger partial charge on any atom is -0.330 e. The molecule has 8 heteroatoms. The van der Waals surface area contributed by atoms with Gasteiger partial charge in [-0.05, 0) is 38.8 Å². The predicted octanol–water partition coefficient (Wildman–Crippen LogP) is -0.523. The highest BCUT2D eigenvalue weighted by molar-refractivity contribution is 5.84. The Morgan fingerprint density at radius 2 is 1.50 bits per heavy atom. The molecule has 0 aromatic heterocycles. The molecule has 0 rings (SSSR count). The molecular weight excluding hydrogens is 308 g/mol. The summed E-state index contributed by atoms with van der Waals surface area (Å²) >= 11 is 0. The first-order valence-electron chi connectivity index (χ1n) is 9.00. The maximum absolute atomic E-state index is 12.1. The molecule has 0 amide bonds. The minimum absolute atomic E-state index is 0.0605. The molecule has 0 spiro atoms. The van der Waals surface area contributed by atoms with Crippen molar-refractivity contribution in [1.82, 2.24) is 16.3 Å². The van der Waals surface area contributed by atoms with Crippen LogP contribution in [0.2, 0.25) is 0 Å². The molecule has 0 saturated heterocycles. The van der Waals surface area contributed by atoms with Crippen molar-refractivity contribution in [3.05, 3.63) is 0 Å². The van der Waals surface area contributed by atoms with E-state index in [-0.39, 0.29) is 23.7 Å². The number of carbonyl (C=O) groups is 2. The Labute approximate surface area is 145 Å². The Balaban J connectivity index is 4.07. The van der Waals surface area contributed by atoms with E-state index in [4.69, 9.17) is 17.3 Å². The number of ketones is 2. The minimum atomic E-state index is -0.337. The number of carbonyl (C=O) groups excluding carboxylic acids is 2. The maximum Gasteiger partial charge on any atom is 0.152 e. The van der Waals surface area contributed by atoms with E-state index in [1.807, 2.05) is 6.92 Å². The lowest BCUT2D eigenvalue weighted by molar-refractivity contribution is -0.121. The van der Waals surface area contributed by atoms with E-state index in [0.29, 0.717) is 38.9 Å². The molecule has 0 bridgehead atoms. The molecule has 0 heterocycles. The van der Waals surface area contributed by atoms with Crippen LogP contribution in [0.25, 0.3) is 0 Å². The number of nitrogens with one attached hydrogen (secondary N) is 3. The highest BCUT2D eigenvalue weighted by Crippen LogP contribution is 2.04. The number of hydrogen-bond donors (Lipinski definition) is 6. The van der Waals surface area contributed by atoms with E-state index in [1.54, 1.807) is 0 Å². The lowest BCUT2D eigenvalue weighted by Crippen LogP contribution is -2.47. The van der Waals surface area contributed by atoms with Gasteiger partial charge in [0.15, 0.2) is 11.6 Å². The molecule has 0 aromatic carbocycles. The van der Waals surface area contributed by atoms with Crippen LogP contribution in [0.5, 0.6) is 0 Å². The molecule has 0 radical (unpaired) electrons. The van der Waals surface area contributed by atoms with Crippen molar-refractivity contribution < 1.29 is 9.59 Å². The van der Waals surface area contributed by atoms with Gasteiger partial charge in [0.05, 0.1) is 12.1 Å². The molecule has 0 saturated carbocycles. The average Bonchev–Trinajstić information content (AvgIpc) is 2.60.